The number of benzene rings is 3. The van der Waals surface area contributed by atoms with Gasteiger partial charge < -0.3 is 24.4 Å². The lowest BCUT2D eigenvalue weighted by atomic mass is 9.96. The van der Waals surface area contributed by atoms with Crippen molar-refractivity contribution < 1.29 is 34.0 Å². The third kappa shape index (κ3) is 4.64. The number of methoxy groups -OCH3 is 1. The first-order valence-corrected chi connectivity index (χ1v) is 10.3. The van der Waals surface area contributed by atoms with Gasteiger partial charge in [0, 0.05) is 6.07 Å². The number of hydrogen-bond acceptors (Lipinski definition) is 7. The highest BCUT2D eigenvalue weighted by atomic mass is 16.5. The molecule has 0 aromatic heterocycles. The minimum absolute atomic E-state index is 0.109. The summed E-state index contributed by atoms with van der Waals surface area (Å²) in [7, 11) is 1.40. The number of nitrogens with zero attached hydrogens (tertiary/aromatic N) is 1. The van der Waals surface area contributed by atoms with Crippen molar-refractivity contribution in [2.45, 2.75) is 27.4 Å². The van der Waals surface area contributed by atoms with Crippen molar-refractivity contribution in [1.82, 2.24) is 0 Å². The van der Waals surface area contributed by atoms with Crippen LogP contribution in [-0.2, 0) is 6.61 Å². The van der Waals surface area contributed by atoms with Gasteiger partial charge in [-0.3, -0.25) is 0 Å². The molecule has 0 aliphatic rings. The molecule has 0 atom stereocenters. The van der Waals surface area contributed by atoms with Crippen LogP contribution in [0.1, 0.15) is 48.5 Å². The molecule has 0 bridgehead atoms. The summed E-state index contributed by atoms with van der Waals surface area (Å²) in [6.07, 6.45) is 0. The zero-order valence-electron chi connectivity index (χ0n) is 19.1. The predicted octanol–water partition coefficient (Wildman–Crippen LogP) is 4.69. The smallest absolute Gasteiger partial charge is 0.347 e. The summed E-state index contributed by atoms with van der Waals surface area (Å²) in [5.74, 6) is -2.50. The van der Waals surface area contributed by atoms with E-state index >= 15 is 0 Å². The van der Waals surface area contributed by atoms with Crippen molar-refractivity contribution in [2.24, 2.45) is 0 Å². The van der Waals surface area contributed by atoms with E-state index in [1.807, 2.05) is 30.3 Å². The van der Waals surface area contributed by atoms with Crippen LogP contribution in [0.4, 0.5) is 0 Å². The number of esters is 1. The number of carboxylic acids is 1. The number of carbonyl (C=O) groups is 2. The first-order valence-electron chi connectivity index (χ1n) is 10.3. The molecule has 8 heteroatoms. The van der Waals surface area contributed by atoms with Crippen LogP contribution in [-0.4, -0.2) is 29.3 Å². The molecule has 0 saturated heterocycles. The number of carboxylic acid groups (broad SMARTS) is 1. The lowest BCUT2D eigenvalue weighted by Gasteiger charge is -2.17. The lowest BCUT2D eigenvalue weighted by molar-refractivity contribution is 0.0692. The summed E-state index contributed by atoms with van der Waals surface area (Å²) in [6, 6.07) is 14.5. The number of rotatable bonds is 7. The van der Waals surface area contributed by atoms with Crippen LogP contribution in [0.3, 0.4) is 0 Å². The van der Waals surface area contributed by atoms with Crippen molar-refractivity contribution in [3.8, 4) is 29.1 Å². The maximum absolute atomic E-state index is 13.1. The van der Waals surface area contributed by atoms with Crippen LogP contribution in [0.2, 0.25) is 0 Å². The van der Waals surface area contributed by atoms with Gasteiger partial charge in [-0.15, -0.1) is 0 Å². The fraction of sp³-hybridized carbons (Fsp3) is 0.192. The summed E-state index contributed by atoms with van der Waals surface area (Å²) in [5, 5.41) is 29.2. The number of carbonyl (C=O) groups excluding carboxylic acids is 1. The zero-order chi connectivity index (χ0) is 25.0. The summed E-state index contributed by atoms with van der Waals surface area (Å²) >= 11 is 0. The number of nitriles is 1. The Hall–Kier alpha value is -4.51. The van der Waals surface area contributed by atoms with Crippen LogP contribution in [0.25, 0.3) is 0 Å². The first kappa shape index (κ1) is 24.1. The Balaban J connectivity index is 1.96. The van der Waals surface area contributed by atoms with Crippen LogP contribution in [0.15, 0.2) is 42.5 Å². The van der Waals surface area contributed by atoms with Gasteiger partial charge in [0.2, 0.25) is 0 Å². The largest absolute Gasteiger partial charge is 0.505 e. The van der Waals surface area contributed by atoms with Crippen LogP contribution < -0.4 is 14.2 Å². The van der Waals surface area contributed by atoms with E-state index in [0.29, 0.717) is 17.9 Å². The Kier molecular flexibility index (Phi) is 7.07. The summed E-state index contributed by atoms with van der Waals surface area (Å²) in [4.78, 5) is 24.6. The van der Waals surface area contributed by atoms with Crippen molar-refractivity contribution in [1.29, 1.82) is 5.26 Å². The molecule has 0 heterocycles. The van der Waals surface area contributed by atoms with Crippen molar-refractivity contribution in [2.75, 3.05) is 7.11 Å². The Morgan fingerprint density at radius 2 is 1.71 bits per heavy atom. The van der Waals surface area contributed by atoms with Gasteiger partial charge >= 0.3 is 11.9 Å². The molecule has 0 saturated carbocycles. The highest BCUT2D eigenvalue weighted by molar-refractivity contribution is 5.98. The van der Waals surface area contributed by atoms with Gasteiger partial charge in [-0.1, -0.05) is 30.3 Å². The number of hydrogen-bond donors (Lipinski definition) is 2. The fourth-order valence-electron chi connectivity index (χ4n) is 3.56. The number of aromatic carboxylic acids is 1. The predicted molar refractivity (Wildman–Crippen MR) is 123 cm³/mol. The number of aromatic hydroxyl groups is 1. The molecular weight excluding hydrogens is 438 g/mol. The Labute approximate surface area is 196 Å². The van der Waals surface area contributed by atoms with Crippen LogP contribution >= 0.6 is 0 Å². The third-order valence-corrected chi connectivity index (χ3v) is 5.44. The molecule has 3 rings (SSSR count). The molecule has 0 aliphatic heterocycles. The van der Waals surface area contributed by atoms with Gasteiger partial charge in [0.15, 0.2) is 11.5 Å². The van der Waals surface area contributed by atoms with E-state index < -0.39 is 28.8 Å². The molecule has 0 amide bonds. The maximum Gasteiger partial charge on any atom is 0.347 e. The second kappa shape index (κ2) is 9.96. The van der Waals surface area contributed by atoms with E-state index in [-0.39, 0.29) is 28.2 Å². The quantitative estimate of drug-likeness (QED) is 0.383. The van der Waals surface area contributed by atoms with Crippen molar-refractivity contribution in [3.63, 3.8) is 0 Å². The standard InChI is InChI=1S/C26H23NO7/c1-14-10-18(33-13-17-8-6-5-7-9-17)11-20(32-4)21(14)26(31)34-24-16(3)15(2)22(25(29)30)23(28)19(24)12-27/h5-11,28H,13H2,1-4H3,(H,29,30). The summed E-state index contributed by atoms with van der Waals surface area (Å²) in [6.45, 7) is 4.98. The molecule has 0 unspecified atom stereocenters. The molecule has 0 spiro atoms. The second-order valence-electron chi connectivity index (χ2n) is 7.58. The molecule has 0 fully saturated rings. The minimum atomic E-state index is -1.39. The van der Waals surface area contributed by atoms with E-state index in [0.717, 1.165) is 5.56 Å². The highest BCUT2D eigenvalue weighted by Crippen LogP contribution is 2.39. The molecule has 8 nitrogen and oxygen atoms in total. The molecule has 174 valence electrons. The van der Waals surface area contributed by atoms with Gasteiger partial charge in [-0.2, -0.15) is 5.26 Å². The number of aryl methyl sites for hydroxylation is 1. The average molecular weight is 461 g/mol. The minimum Gasteiger partial charge on any atom is -0.505 e. The second-order valence-corrected chi connectivity index (χ2v) is 7.58. The molecule has 0 radical (unpaired) electrons. The topological polar surface area (TPSA) is 126 Å². The Morgan fingerprint density at radius 3 is 2.29 bits per heavy atom. The highest BCUT2D eigenvalue weighted by Gasteiger charge is 2.28. The van der Waals surface area contributed by atoms with Gasteiger partial charge in [0.1, 0.15) is 40.9 Å². The Bertz CT molecular complexity index is 1310. The van der Waals surface area contributed by atoms with E-state index in [1.165, 1.54) is 21.0 Å². The summed E-state index contributed by atoms with van der Waals surface area (Å²) < 4.78 is 16.7. The molecule has 3 aromatic carbocycles. The first-order chi connectivity index (χ1) is 16.2. The molecule has 34 heavy (non-hydrogen) atoms. The molecular formula is C26H23NO7. The fourth-order valence-corrected chi connectivity index (χ4v) is 3.56. The van der Waals surface area contributed by atoms with E-state index in [9.17, 15) is 25.1 Å². The molecule has 0 aliphatic carbocycles. The number of phenols is 1. The SMILES string of the molecule is COc1cc(OCc2ccccc2)cc(C)c1C(=O)Oc1c(C)c(C)c(C(=O)O)c(O)c1C#N. The molecule has 3 aromatic rings. The maximum atomic E-state index is 13.1. The molecule has 2 N–H and O–H groups in total. The van der Waals surface area contributed by atoms with Crippen molar-refractivity contribution >= 4 is 11.9 Å². The monoisotopic (exact) mass is 461 g/mol. The van der Waals surface area contributed by atoms with Crippen molar-refractivity contribution in [3.05, 3.63) is 81.4 Å². The van der Waals surface area contributed by atoms with Crippen LogP contribution in [0, 0.1) is 32.1 Å². The van der Waals surface area contributed by atoms with E-state index in [1.54, 1.807) is 25.1 Å². The zero-order valence-corrected chi connectivity index (χ0v) is 19.1. The van der Waals surface area contributed by atoms with Gasteiger partial charge in [-0.25, -0.2) is 9.59 Å². The summed E-state index contributed by atoms with van der Waals surface area (Å²) in [5.41, 5.74) is 1.17. The lowest BCUT2D eigenvalue weighted by Crippen LogP contribution is -2.15. The van der Waals surface area contributed by atoms with Gasteiger partial charge in [0.25, 0.3) is 0 Å². The number of ether oxygens (including phenoxy) is 3. The average Bonchev–Trinajstić information content (AvgIpc) is 2.81. The van der Waals surface area contributed by atoms with Gasteiger partial charge in [-0.05, 0) is 49.1 Å². The van der Waals surface area contributed by atoms with E-state index in [4.69, 9.17) is 14.2 Å². The normalized spacial score (nSPS) is 10.3. The Morgan fingerprint density at radius 1 is 1.03 bits per heavy atom. The van der Waals surface area contributed by atoms with Crippen LogP contribution in [0.5, 0.6) is 23.0 Å². The third-order valence-electron chi connectivity index (χ3n) is 5.44. The van der Waals surface area contributed by atoms with E-state index in [2.05, 4.69) is 0 Å². The van der Waals surface area contributed by atoms with Gasteiger partial charge in [0.05, 0.1) is 7.11 Å².